The van der Waals surface area contributed by atoms with E-state index in [-0.39, 0.29) is 16.8 Å². The molecular formula is C14H16ClFN2O2. The molecule has 2 unspecified atom stereocenters. The summed E-state index contributed by atoms with van der Waals surface area (Å²) in [5, 5.41) is 2.64. The van der Waals surface area contributed by atoms with Gasteiger partial charge in [0.15, 0.2) is 0 Å². The summed E-state index contributed by atoms with van der Waals surface area (Å²) in [5.41, 5.74) is 0.446. The molecule has 0 radical (unpaired) electrons. The van der Waals surface area contributed by atoms with Crippen molar-refractivity contribution in [3.8, 4) is 0 Å². The lowest BCUT2D eigenvalue weighted by Gasteiger charge is -2.38. The SMILES string of the molecule is CCC1NC(=O)C(CC)N(c2ccc(F)c(Cl)c2)C1=O. The van der Waals surface area contributed by atoms with Gasteiger partial charge in [-0.2, -0.15) is 0 Å². The summed E-state index contributed by atoms with van der Waals surface area (Å²) >= 11 is 5.76. The Hall–Kier alpha value is -1.62. The Morgan fingerprint density at radius 1 is 1.30 bits per heavy atom. The average Bonchev–Trinajstić information content (AvgIpc) is 2.43. The minimum absolute atomic E-state index is 0.0656. The Labute approximate surface area is 121 Å². The van der Waals surface area contributed by atoms with E-state index >= 15 is 0 Å². The number of hydrogen-bond donors (Lipinski definition) is 1. The second-order valence-corrected chi connectivity index (χ2v) is 5.11. The molecule has 4 nitrogen and oxygen atoms in total. The first-order valence-corrected chi connectivity index (χ1v) is 6.95. The van der Waals surface area contributed by atoms with Crippen LogP contribution in [-0.2, 0) is 9.59 Å². The minimum Gasteiger partial charge on any atom is -0.342 e. The minimum atomic E-state index is -0.591. The molecule has 1 aromatic rings. The van der Waals surface area contributed by atoms with Crippen LogP contribution in [0.1, 0.15) is 26.7 Å². The summed E-state index contributed by atoms with van der Waals surface area (Å²) in [6.45, 7) is 3.65. The second kappa shape index (κ2) is 5.79. The van der Waals surface area contributed by atoms with Gasteiger partial charge in [0.2, 0.25) is 11.8 Å². The van der Waals surface area contributed by atoms with Gasteiger partial charge in [-0.1, -0.05) is 25.4 Å². The van der Waals surface area contributed by atoms with Crippen molar-refractivity contribution in [2.75, 3.05) is 4.90 Å². The molecule has 1 aromatic carbocycles. The molecule has 0 aliphatic carbocycles. The summed E-state index contributed by atoms with van der Waals surface area (Å²) < 4.78 is 13.2. The molecule has 0 saturated carbocycles. The number of rotatable bonds is 3. The number of amides is 2. The number of hydrogen-bond acceptors (Lipinski definition) is 2. The van der Waals surface area contributed by atoms with Gasteiger partial charge in [0.05, 0.1) is 5.02 Å². The first kappa shape index (κ1) is 14.8. The molecule has 20 heavy (non-hydrogen) atoms. The van der Waals surface area contributed by atoms with Crippen LogP contribution in [0.15, 0.2) is 18.2 Å². The summed E-state index contributed by atoms with van der Waals surface area (Å²) in [4.78, 5) is 25.9. The average molecular weight is 299 g/mol. The lowest BCUT2D eigenvalue weighted by atomic mass is 10.0. The Balaban J connectivity index is 2.44. The van der Waals surface area contributed by atoms with Crippen molar-refractivity contribution in [3.05, 3.63) is 29.0 Å². The summed E-state index contributed by atoms with van der Waals surface area (Å²) in [5.74, 6) is -0.939. The largest absolute Gasteiger partial charge is 0.342 e. The van der Waals surface area contributed by atoms with Crippen LogP contribution in [0.4, 0.5) is 10.1 Å². The molecule has 2 atom stereocenters. The molecule has 1 N–H and O–H groups in total. The molecule has 1 aliphatic rings. The number of anilines is 1. The first-order valence-electron chi connectivity index (χ1n) is 6.58. The van der Waals surface area contributed by atoms with Crippen molar-refractivity contribution in [1.82, 2.24) is 5.32 Å². The number of carbonyl (C=O) groups excluding carboxylic acids is 2. The van der Waals surface area contributed by atoms with Crippen molar-refractivity contribution in [2.24, 2.45) is 0 Å². The van der Waals surface area contributed by atoms with E-state index < -0.39 is 17.9 Å². The predicted octanol–water partition coefficient (Wildman–Crippen LogP) is 2.50. The maximum Gasteiger partial charge on any atom is 0.250 e. The van der Waals surface area contributed by atoms with Crippen LogP contribution in [0.3, 0.4) is 0 Å². The van der Waals surface area contributed by atoms with Crippen LogP contribution in [-0.4, -0.2) is 23.9 Å². The second-order valence-electron chi connectivity index (χ2n) is 4.70. The Morgan fingerprint density at radius 2 is 2.00 bits per heavy atom. The van der Waals surface area contributed by atoms with E-state index in [1.165, 1.54) is 23.1 Å². The fourth-order valence-corrected chi connectivity index (χ4v) is 2.53. The van der Waals surface area contributed by atoms with E-state index in [4.69, 9.17) is 11.6 Å². The molecule has 1 saturated heterocycles. The Morgan fingerprint density at radius 3 is 2.55 bits per heavy atom. The number of piperazine rings is 1. The van der Waals surface area contributed by atoms with Crippen LogP contribution >= 0.6 is 11.6 Å². The van der Waals surface area contributed by atoms with Crippen molar-refractivity contribution in [1.29, 1.82) is 0 Å². The zero-order valence-electron chi connectivity index (χ0n) is 11.3. The van der Waals surface area contributed by atoms with Crippen molar-refractivity contribution < 1.29 is 14.0 Å². The number of nitrogens with one attached hydrogen (secondary N) is 1. The third-order valence-corrected chi connectivity index (χ3v) is 3.73. The third-order valence-electron chi connectivity index (χ3n) is 3.44. The van der Waals surface area contributed by atoms with Crippen molar-refractivity contribution >= 4 is 29.1 Å². The van der Waals surface area contributed by atoms with Gasteiger partial charge in [-0.25, -0.2) is 4.39 Å². The van der Waals surface area contributed by atoms with Gasteiger partial charge in [-0.05, 0) is 31.0 Å². The van der Waals surface area contributed by atoms with E-state index in [1.54, 1.807) is 0 Å². The maximum absolute atomic E-state index is 13.2. The molecular weight excluding hydrogens is 283 g/mol. The molecule has 1 fully saturated rings. The zero-order valence-corrected chi connectivity index (χ0v) is 12.1. The van der Waals surface area contributed by atoms with Crippen LogP contribution < -0.4 is 10.2 Å². The summed E-state index contributed by atoms with van der Waals surface area (Å²) in [6, 6.07) is 2.90. The third kappa shape index (κ3) is 2.50. The monoisotopic (exact) mass is 298 g/mol. The molecule has 2 rings (SSSR count). The van der Waals surface area contributed by atoms with Gasteiger partial charge in [-0.15, -0.1) is 0 Å². The molecule has 0 spiro atoms. The predicted molar refractivity (Wildman–Crippen MR) is 75.2 cm³/mol. The van der Waals surface area contributed by atoms with Crippen LogP contribution in [0.5, 0.6) is 0 Å². The highest BCUT2D eigenvalue weighted by atomic mass is 35.5. The van der Waals surface area contributed by atoms with E-state index in [9.17, 15) is 14.0 Å². The number of carbonyl (C=O) groups is 2. The van der Waals surface area contributed by atoms with Gasteiger partial charge >= 0.3 is 0 Å². The van der Waals surface area contributed by atoms with E-state index in [0.29, 0.717) is 18.5 Å². The zero-order chi connectivity index (χ0) is 14.9. The molecule has 1 heterocycles. The lowest BCUT2D eigenvalue weighted by Crippen LogP contribution is -2.63. The summed E-state index contributed by atoms with van der Waals surface area (Å²) in [6.07, 6.45) is 0.982. The van der Waals surface area contributed by atoms with Gasteiger partial charge in [0.1, 0.15) is 17.9 Å². The van der Waals surface area contributed by atoms with E-state index in [1.807, 2.05) is 13.8 Å². The van der Waals surface area contributed by atoms with E-state index in [2.05, 4.69) is 5.32 Å². The normalized spacial score (nSPS) is 22.9. The molecule has 2 amide bonds. The number of halogens is 2. The fraction of sp³-hybridized carbons (Fsp3) is 0.429. The highest BCUT2D eigenvalue weighted by Crippen LogP contribution is 2.27. The quantitative estimate of drug-likeness (QED) is 0.932. The smallest absolute Gasteiger partial charge is 0.250 e. The van der Waals surface area contributed by atoms with Crippen molar-refractivity contribution in [2.45, 2.75) is 38.8 Å². The summed E-state index contributed by atoms with van der Waals surface area (Å²) in [7, 11) is 0. The highest BCUT2D eigenvalue weighted by Gasteiger charge is 2.39. The highest BCUT2D eigenvalue weighted by molar-refractivity contribution is 6.31. The number of benzene rings is 1. The first-order chi connectivity index (χ1) is 9.49. The topological polar surface area (TPSA) is 49.4 Å². The standard InChI is InChI=1S/C14H16ClFN2O2/c1-3-11-14(20)18(12(4-2)13(19)17-11)8-5-6-10(16)9(15)7-8/h5-7,11-12H,3-4H2,1-2H3,(H,17,19). The van der Waals surface area contributed by atoms with Gasteiger partial charge in [0, 0.05) is 5.69 Å². The van der Waals surface area contributed by atoms with Gasteiger partial charge in [-0.3, -0.25) is 14.5 Å². The fourth-order valence-electron chi connectivity index (χ4n) is 2.36. The van der Waals surface area contributed by atoms with Gasteiger partial charge in [0.25, 0.3) is 0 Å². The maximum atomic E-state index is 13.2. The van der Waals surface area contributed by atoms with Crippen molar-refractivity contribution in [3.63, 3.8) is 0 Å². The van der Waals surface area contributed by atoms with Crippen LogP contribution in [0.25, 0.3) is 0 Å². The molecule has 0 bridgehead atoms. The number of nitrogens with zero attached hydrogens (tertiary/aromatic N) is 1. The van der Waals surface area contributed by atoms with Crippen LogP contribution in [0.2, 0.25) is 5.02 Å². The molecule has 6 heteroatoms. The Kier molecular flexibility index (Phi) is 4.28. The lowest BCUT2D eigenvalue weighted by molar-refractivity contribution is -0.134. The van der Waals surface area contributed by atoms with E-state index in [0.717, 1.165) is 0 Å². The Bertz CT molecular complexity index is 550. The molecule has 108 valence electrons. The van der Waals surface area contributed by atoms with Crippen LogP contribution in [0, 0.1) is 5.82 Å². The molecule has 1 aliphatic heterocycles. The van der Waals surface area contributed by atoms with Gasteiger partial charge < -0.3 is 5.32 Å². The molecule has 0 aromatic heterocycles.